The van der Waals surface area contributed by atoms with Gasteiger partial charge in [0.25, 0.3) is 0 Å². The van der Waals surface area contributed by atoms with E-state index >= 15 is 0 Å². The summed E-state index contributed by atoms with van der Waals surface area (Å²) in [6, 6.07) is 65.1. The summed E-state index contributed by atoms with van der Waals surface area (Å²) in [4.78, 5) is 2.34. The minimum absolute atomic E-state index is 0.887. The highest BCUT2D eigenvalue weighted by Crippen LogP contribution is 2.41. The Bertz CT molecular complexity index is 3130. The van der Waals surface area contributed by atoms with E-state index in [4.69, 9.17) is 4.42 Å². The van der Waals surface area contributed by atoms with E-state index in [1.807, 2.05) is 12.1 Å². The number of benzene rings is 8. The first-order valence-electron chi connectivity index (χ1n) is 17.7. The fourth-order valence-corrected chi connectivity index (χ4v) is 8.11. The lowest BCUT2D eigenvalue weighted by molar-refractivity contribution is 0.669. The van der Waals surface area contributed by atoms with Gasteiger partial charge in [-0.2, -0.15) is 0 Å². The molecule has 3 aromatic heterocycles. The molecule has 0 bridgehead atoms. The van der Waals surface area contributed by atoms with Crippen molar-refractivity contribution in [3.8, 4) is 11.4 Å². The number of para-hydroxylation sites is 3. The van der Waals surface area contributed by atoms with Crippen molar-refractivity contribution < 1.29 is 4.42 Å². The molecule has 0 fully saturated rings. The van der Waals surface area contributed by atoms with Crippen LogP contribution in [-0.4, -0.2) is 9.13 Å². The van der Waals surface area contributed by atoms with Crippen molar-refractivity contribution >= 4 is 82.5 Å². The Morgan fingerprint density at radius 3 is 1.94 bits per heavy atom. The molecule has 0 saturated carbocycles. The highest BCUT2D eigenvalue weighted by Gasteiger charge is 2.19. The van der Waals surface area contributed by atoms with Crippen LogP contribution >= 0.6 is 0 Å². The zero-order valence-electron chi connectivity index (χ0n) is 28.1. The SMILES string of the molecule is c1ccc(-n2c3ccccc3c3ccc4ccn(-c5ccc(N(c6ccc7ccccc7c6)c6ccc7oc8ccccc8c7c6)cc5)c4c32)cc1. The van der Waals surface area contributed by atoms with Gasteiger partial charge in [0.15, 0.2) is 0 Å². The molecule has 0 radical (unpaired) electrons. The van der Waals surface area contributed by atoms with Crippen LogP contribution in [0.1, 0.15) is 0 Å². The summed E-state index contributed by atoms with van der Waals surface area (Å²) in [6.45, 7) is 0. The van der Waals surface area contributed by atoms with E-state index in [1.54, 1.807) is 0 Å². The Labute approximate surface area is 299 Å². The zero-order valence-corrected chi connectivity index (χ0v) is 28.1. The monoisotopic (exact) mass is 665 g/mol. The van der Waals surface area contributed by atoms with Crippen molar-refractivity contribution in [3.05, 3.63) is 188 Å². The largest absolute Gasteiger partial charge is 0.456 e. The molecule has 244 valence electrons. The summed E-state index contributed by atoms with van der Waals surface area (Å²) in [5, 5.41) is 8.34. The van der Waals surface area contributed by atoms with Crippen LogP contribution in [-0.2, 0) is 0 Å². The lowest BCUT2D eigenvalue weighted by atomic mass is 10.1. The van der Waals surface area contributed by atoms with Gasteiger partial charge in [-0.3, -0.25) is 0 Å². The van der Waals surface area contributed by atoms with Crippen LogP contribution in [0.2, 0.25) is 0 Å². The van der Waals surface area contributed by atoms with E-state index in [0.717, 1.165) is 50.4 Å². The van der Waals surface area contributed by atoms with Crippen LogP contribution in [0.25, 0.3) is 76.8 Å². The molecule has 0 aliphatic heterocycles. The second-order valence-electron chi connectivity index (χ2n) is 13.4. The molecule has 0 unspecified atom stereocenters. The molecule has 0 amide bonds. The Morgan fingerprint density at radius 2 is 1.06 bits per heavy atom. The van der Waals surface area contributed by atoms with Crippen molar-refractivity contribution in [1.82, 2.24) is 9.13 Å². The molecule has 3 heterocycles. The van der Waals surface area contributed by atoms with E-state index in [9.17, 15) is 0 Å². The van der Waals surface area contributed by atoms with Crippen molar-refractivity contribution in [2.45, 2.75) is 0 Å². The van der Waals surface area contributed by atoms with E-state index in [-0.39, 0.29) is 0 Å². The molecule has 4 heteroatoms. The van der Waals surface area contributed by atoms with Crippen LogP contribution in [0, 0.1) is 0 Å². The Kier molecular flexibility index (Phi) is 6.22. The van der Waals surface area contributed by atoms with Gasteiger partial charge >= 0.3 is 0 Å². The van der Waals surface area contributed by atoms with Crippen LogP contribution in [0.5, 0.6) is 0 Å². The second kappa shape index (κ2) is 11.2. The molecular formula is C48H31N3O. The van der Waals surface area contributed by atoms with Gasteiger partial charge in [0.05, 0.1) is 16.6 Å². The third-order valence-electron chi connectivity index (χ3n) is 10.5. The Hall–Kier alpha value is -7.04. The maximum Gasteiger partial charge on any atom is 0.135 e. The summed E-state index contributed by atoms with van der Waals surface area (Å²) in [5.41, 5.74) is 10.9. The third kappa shape index (κ3) is 4.34. The molecular weight excluding hydrogens is 635 g/mol. The standard InChI is InChI=1S/C48H31N3O/c1-2-12-36(13-3-1)51-44-16-8-6-14-40(44)42-26-19-33-28-29-49(47(33)48(42)51)35-21-23-37(24-22-35)50(38-20-18-32-10-4-5-11-34(32)30-38)39-25-27-46-43(31-39)41-15-7-9-17-45(41)52-46/h1-31H. The van der Waals surface area contributed by atoms with Gasteiger partial charge in [0, 0.05) is 61.6 Å². The lowest BCUT2D eigenvalue weighted by Gasteiger charge is -2.26. The topological polar surface area (TPSA) is 26.2 Å². The summed E-state index contributed by atoms with van der Waals surface area (Å²) in [6.07, 6.45) is 2.20. The number of hydrogen-bond donors (Lipinski definition) is 0. The second-order valence-corrected chi connectivity index (χ2v) is 13.4. The fraction of sp³-hybridized carbons (Fsp3) is 0. The molecule has 0 aliphatic carbocycles. The summed E-state index contributed by atoms with van der Waals surface area (Å²) >= 11 is 0. The molecule has 0 spiro atoms. The Morgan fingerprint density at radius 1 is 0.385 bits per heavy atom. The number of fused-ring (bicyclic) bond motifs is 9. The number of nitrogens with zero attached hydrogens (tertiary/aromatic N) is 3. The number of rotatable bonds is 5. The van der Waals surface area contributed by atoms with Crippen LogP contribution < -0.4 is 4.90 Å². The maximum absolute atomic E-state index is 6.21. The van der Waals surface area contributed by atoms with Gasteiger partial charge in [0.1, 0.15) is 11.2 Å². The first kappa shape index (κ1) is 28.8. The van der Waals surface area contributed by atoms with Gasteiger partial charge in [-0.1, -0.05) is 97.1 Å². The average Bonchev–Trinajstić information content (AvgIpc) is 3.90. The van der Waals surface area contributed by atoms with E-state index in [0.29, 0.717) is 0 Å². The van der Waals surface area contributed by atoms with Gasteiger partial charge in [0.2, 0.25) is 0 Å². The normalized spacial score (nSPS) is 11.8. The maximum atomic E-state index is 6.21. The average molecular weight is 666 g/mol. The van der Waals surface area contributed by atoms with Gasteiger partial charge < -0.3 is 18.5 Å². The fourth-order valence-electron chi connectivity index (χ4n) is 8.11. The number of aromatic nitrogens is 2. The molecule has 0 atom stereocenters. The summed E-state index contributed by atoms with van der Waals surface area (Å²) in [5.74, 6) is 0. The Balaban J connectivity index is 1.10. The molecule has 11 rings (SSSR count). The molecule has 8 aromatic carbocycles. The van der Waals surface area contributed by atoms with Crippen molar-refractivity contribution in [2.24, 2.45) is 0 Å². The minimum atomic E-state index is 0.887. The van der Waals surface area contributed by atoms with Crippen molar-refractivity contribution in [2.75, 3.05) is 4.90 Å². The number of furan rings is 1. The molecule has 4 nitrogen and oxygen atoms in total. The van der Waals surface area contributed by atoms with Gasteiger partial charge in [-0.25, -0.2) is 0 Å². The minimum Gasteiger partial charge on any atom is -0.456 e. The molecule has 0 N–H and O–H groups in total. The van der Waals surface area contributed by atoms with Crippen molar-refractivity contribution in [1.29, 1.82) is 0 Å². The molecule has 0 aliphatic rings. The smallest absolute Gasteiger partial charge is 0.135 e. The lowest BCUT2D eigenvalue weighted by Crippen LogP contribution is -2.10. The third-order valence-corrected chi connectivity index (χ3v) is 10.5. The van der Waals surface area contributed by atoms with Gasteiger partial charge in [-0.05, 0) is 95.7 Å². The van der Waals surface area contributed by atoms with E-state index < -0.39 is 0 Å². The van der Waals surface area contributed by atoms with Crippen LogP contribution in [0.15, 0.2) is 193 Å². The highest BCUT2D eigenvalue weighted by atomic mass is 16.3. The quantitative estimate of drug-likeness (QED) is 0.183. The van der Waals surface area contributed by atoms with Gasteiger partial charge in [-0.15, -0.1) is 0 Å². The summed E-state index contributed by atoms with van der Waals surface area (Å²) in [7, 11) is 0. The molecule has 11 aromatic rings. The number of anilines is 3. The highest BCUT2D eigenvalue weighted by molar-refractivity contribution is 6.18. The van der Waals surface area contributed by atoms with Crippen LogP contribution in [0.4, 0.5) is 17.1 Å². The summed E-state index contributed by atoms with van der Waals surface area (Å²) < 4.78 is 11.0. The number of hydrogen-bond acceptors (Lipinski definition) is 2. The predicted molar refractivity (Wildman–Crippen MR) is 217 cm³/mol. The van der Waals surface area contributed by atoms with E-state index in [2.05, 4.69) is 190 Å². The molecule has 52 heavy (non-hydrogen) atoms. The predicted octanol–water partition coefficient (Wildman–Crippen LogP) is 13.2. The van der Waals surface area contributed by atoms with Crippen molar-refractivity contribution in [3.63, 3.8) is 0 Å². The molecule has 0 saturated heterocycles. The zero-order chi connectivity index (χ0) is 34.2. The van der Waals surface area contributed by atoms with E-state index in [1.165, 1.54) is 43.5 Å². The first-order chi connectivity index (χ1) is 25.8. The first-order valence-corrected chi connectivity index (χ1v) is 17.7. The van der Waals surface area contributed by atoms with Crippen LogP contribution in [0.3, 0.4) is 0 Å².